The molecule has 2 N–H and O–H groups in total. The number of hydrogen-bond acceptors (Lipinski definition) is 5. The SMILES string of the molecule is CCCCC(C)(O)CC=C[C@H]1[C@H](O)CC(=O)[C@H]1CCCCCCC(=O)OC. The van der Waals surface area contributed by atoms with Crippen molar-refractivity contribution in [1.29, 1.82) is 0 Å². The van der Waals surface area contributed by atoms with E-state index in [1.165, 1.54) is 7.11 Å². The first kappa shape index (κ1) is 23.8. The molecule has 0 aliphatic heterocycles. The van der Waals surface area contributed by atoms with E-state index in [2.05, 4.69) is 11.7 Å². The van der Waals surface area contributed by atoms with E-state index in [1.54, 1.807) is 0 Å². The first-order chi connectivity index (χ1) is 12.8. The highest BCUT2D eigenvalue weighted by Crippen LogP contribution is 2.34. The Hall–Kier alpha value is -1.20. The molecule has 27 heavy (non-hydrogen) atoms. The van der Waals surface area contributed by atoms with E-state index in [-0.39, 0.29) is 30.0 Å². The molecule has 0 radical (unpaired) electrons. The van der Waals surface area contributed by atoms with Gasteiger partial charge in [-0.1, -0.05) is 51.2 Å². The Morgan fingerprint density at radius 3 is 2.63 bits per heavy atom. The summed E-state index contributed by atoms with van der Waals surface area (Å²) in [6, 6.07) is 0. The second kappa shape index (κ2) is 12.3. The minimum Gasteiger partial charge on any atom is -0.469 e. The topological polar surface area (TPSA) is 83.8 Å². The van der Waals surface area contributed by atoms with Crippen molar-refractivity contribution in [3.63, 3.8) is 0 Å². The molecule has 0 aromatic rings. The van der Waals surface area contributed by atoms with Crippen LogP contribution in [-0.2, 0) is 14.3 Å². The van der Waals surface area contributed by atoms with E-state index in [0.29, 0.717) is 12.8 Å². The van der Waals surface area contributed by atoms with Gasteiger partial charge in [0, 0.05) is 24.7 Å². The maximum absolute atomic E-state index is 12.2. The van der Waals surface area contributed by atoms with Crippen LogP contribution in [0.4, 0.5) is 0 Å². The zero-order valence-corrected chi connectivity index (χ0v) is 17.3. The number of aliphatic hydroxyl groups excluding tert-OH is 1. The van der Waals surface area contributed by atoms with Crippen LogP contribution in [0.15, 0.2) is 12.2 Å². The highest BCUT2D eigenvalue weighted by atomic mass is 16.5. The Labute approximate surface area is 164 Å². The van der Waals surface area contributed by atoms with Crippen molar-refractivity contribution in [2.45, 2.75) is 96.2 Å². The summed E-state index contributed by atoms with van der Waals surface area (Å²) in [5.41, 5.74) is -0.727. The lowest BCUT2D eigenvalue weighted by molar-refractivity contribution is -0.140. The molecule has 0 saturated heterocycles. The Bertz CT molecular complexity index is 483. The molecule has 1 unspecified atom stereocenters. The van der Waals surface area contributed by atoms with Gasteiger partial charge in [0.25, 0.3) is 0 Å². The number of methoxy groups -OCH3 is 1. The van der Waals surface area contributed by atoms with Gasteiger partial charge in [0.05, 0.1) is 18.8 Å². The lowest BCUT2D eigenvalue weighted by atomic mass is 9.87. The van der Waals surface area contributed by atoms with Crippen LogP contribution in [0.2, 0.25) is 0 Å². The van der Waals surface area contributed by atoms with Gasteiger partial charge in [-0.25, -0.2) is 0 Å². The molecule has 5 heteroatoms. The third-order valence-electron chi connectivity index (χ3n) is 5.59. The highest BCUT2D eigenvalue weighted by Gasteiger charge is 2.39. The van der Waals surface area contributed by atoms with Gasteiger partial charge in [0.2, 0.25) is 0 Å². The number of carbonyl (C=O) groups is 2. The van der Waals surface area contributed by atoms with Crippen LogP contribution in [0.5, 0.6) is 0 Å². The van der Waals surface area contributed by atoms with E-state index in [1.807, 2.05) is 19.1 Å². The quantitative estimate of drug-likeness (QED) is 0.286. The van der Waals surface area contributed by atoms with Gasteiger partial charge in [0.15, 0.2) is 0 Å². The third-order valence-corrected chi connectivity index (χ3v) is 5.59. The number of esters is 1. The van der Waals surface area contributed by atoms with Gasteiger partial charge in [-0.2, -0.15) is 0 Å². The fourth-order valence-electron chi connectivity index (χ4n) is 3.82. The van der Waals surface area contributed by atoms with Crippen molar-refractivity contribution in [2.24, 2.45) is 11.8 Å². The van der Waals surface area contributed by atoms with Gasteiger partial charge < -0.3 is 14.9 Å². The number of ketones is 1. The Balaban J connectivity index is 2.42. The Morgan fingerprint density at radius 1 is 1.26 bits per heavy atom. The Morgan fingerprint density at radius 2 is 1.96 bits per heavy atom. The maximum atomic E-state index is 12.2. The summed E-state index contributed by atoms with van der Waals surface area (Å²) < 4.78 is 4.62. The average molecular weight is 383 g/mol. The summed E-state index contributed by atoms with van der Waals surface area (Å²) in [6.07, 6.45) is 11.7. The molecule has 0 aromatic heterocycles. The normalized spacial score (nSPS) is 25.1. The molecular formula is C22H38O5. The fourth-order valence-corrected chi connectivity index (χ4v) is 3.82. The molecular weight excluding hydrogens is 344 g/mol. The summed E-state index contributed by atoms with van der Waals surface area (Å²) in [7, 11) is 1.40. The van der Waals surface area contributed by atoms with Crippen molar-refractivity contribution < 1.29 is 24.5 Å². The monoisotopic (exact) mass is 382 g/mol. The lowest BCUT2D eigenvalue weighted by Crippen LogP contribution is -2.23. The molecule has 1 aliphatic rings. The minimum absolute atomic E-state index is 0.127. The van der Waals surface area contributed by atoms with Crippen molar-refractivity contribution in [1.82, 2.24) is 0 Å². The minimum atomic E-state index is -0.727. The lowest BCUT2D eigenvalue weighted by Gasteiger charge is -2.22. The summed E-state index contributed by atoms with van der Waals surface area (Å²) in [6.45, 7) is 3.95. The predicted molar refractivity (Wildman–Crippen MR) is 106 cm³/mol. The molecule has 1 saturated carbocycles. The van der Waals surface area contributed by atoms with Crippen molar-refractivity contribution in [2.75, 3.05) is 7.11 Å². The predicted octanol–water partition coefficient (Wildman–Crippen LogP) is 3.95. The second-order valence-corrected chi connectivity index (χ2v) is 8.18. The van der Waals surface area contributed by atoms with Crippen molar-refractivity contribution in [3.05, 3.63) is 12.2 Å². The number of ether oxygens (including phenoxy) is 1. The summed E-state index contributed by atoms with van der Waals surface area (Å²) >= 11 is 0. The van der Waals surface area contributed by atoms with Crippen LogP contribution in [0.25, 0.3) is 0 Å². The van der Waals surface area contributed by atoms with Crippen LogP contribution in [0.3, 0.4) is 0 Å². The molecule has 1 fully saturated rings. The van der Waals surface area contributed by atoms with E-state index in [9.17, 15) is 19.8 Å². The highest BCUT2D eigenvalue weighted by molar-refractivity contribution is 5.84. The zero-order chi connectivity index (χ0) is 20.3. The summed E-state index contributed by atoms with van der Waals surface area (Å²) in [5.74, 6) is -0.305. The number of rotatable bonds is 13. The van der Waals surface area contributed by atoms with Crippen molar-refractivity contribution >= 4 is 11.8 Å². The van der Waals surface area contributed by atoms with E-state index in [4.69, 9.17) is 0 Å². The zero-order valence-electron chi connectivity index (χ0n) is 17.3. The summed E-state index contributed by atoms with van der Waals surface area (Å²) in [4.78, 5) is 23.3. The third kappa shape index (κ3) is 9.02. The average Bonchev–Trinajstić information content (AvgIpc) is 2.89. The Kier molecular flexibility index (Phi) is 10.9. The van der Waals surface area contributed by atoms with Gasteiger partial charge in [-0.05, 0) is 32.6 Å². The van der Waals surface area contributed by atoms with Crippen LogP contribution in [0.1, 0.15) is 84.5 Å². The molecule has 5 nitrogen and oxygen atoms in total. The molecule has 156 valence electrons. The van der Waals surface area contributed by atoms with Crippen molar-refractivity contribution in [3.8, 4) is 0 Å². The largest absolute Gasteiger partial charge is 0.469 e. The van der Waals surface area contributed by atoms with E-state index < -0.39 is 11.7 Å². The number of Topliss-reactive ketones (excluding diaryl/α,β-unsaturated/α-hetero) is 1. The second-order valence-electron chi connectivity index (χ2n) is 8.18. The molecule has 0 aromatic carbocycles. The van der Waals surface area contributed by atoms with Gasteiger partial charge in [-0.3, -0.25) is 9.59 Å². The fraction of sp³-hybridized carbons (Fsp3) is 0.818. The van der Waals surface area contributed by atoms with Crippen LogP contribution < -0.4 is 0 Å². The first-order valence-corrected chi connectivity index (χ1v) is 10.5. The molecule has 0 spiro atoms. The number of aliphatic hydroxyl groups is 2. The maximum Gasteiger partial charge on any atom is 0.305 e. The van der Waals surface area contributed by atoms with Crippen LogP contribution >= 0.6 is 0 Å². The molecule has 1 aliphatic carbocycles. The number of carbonyl (C=O) groups excluding carboxylic acids is 2. The molecule has 0 bridgehead atoms. The van der Waals surface area contributed by atoms with Crippen LogP contribution in [-0.4, -0.2) is 40.8 Å². The van der Waals surface area contributed by atoms with E-state index >= 15 is 0 Å². The van der Waals surface area contributed by atoms with Gasteiger partial charge in [0.1, 0.15) is 5.78 Å². The molecule has 4 atom stereocenters. The first-order valence-electron chi connectivity index (χ1n) is 10.5. The molecule has 0 heterocycles. The van der Waals surface area contributed by atoms with Gasteiger partial charge >= 0.3 is 5.97 Å². The molecule has 1 rings (SSSR count). The van der Waals surface area contributed by atoms with Gasteiger partial charge in [-0.15, -0.1) is 0 Å². The standard InChI is InChI=1S/C22H38O5/c1-4-5-14-22(2,26)15-10-12-18-17(19(23)16-20(18)24)11-8-6-7-9-13-21(25)27-3/h10,12,17-18,20,24,26H,4-9,11,13-16H2,1-3H3/t17-,18+,20+,22?/m0/s1. The summed E-state index contributed by atoms with van der Waals surface area (Å²) in [5, 5.41) is 20.6. The smallest absolute Gasteiger partial charge is 0.305 e. The number of unbranched alkanes of at least 4 members (excludes halogenated alkanes) is 4. The van der Waals surface area contributed by atoms with E-state index in [0.717, 1.165) is 51.4 Å². The molecule has 0 amide bonds. The van der Waals surface area contributed by atoms with Crippen LogP contribution in [0, 0.1) is 11.8 Å². The number of hydrogen-bond donors (Lipinski definition) is 2.